The van der Waals surface area contributed by atoms with Gasteiger partial charge in [0, 0.05) is 22.1 Å². The van der Waals surface area contributed by atoms with Crippen LogP contribution in [0.5, 0.6) is 0 Å². The van der Waals surface area contributed by atoms with E-state index in [2.05, 4.69) is 36.4 Å². The lowest BCUT2D eigenvalue weighted by Gasteiger charge is -2.23. The summed E-state index contributed by atoms with van der Waals surface area (Å²) in [6.45, 7) is 5.26. The molecule has 0 saturated carbocycles. The van der Waals surface area contributed by atoms with Crippen LogP contribution in [-0.4, -0.2) is 29.7 Å². The number of hydrogen-bond donors (Lipinski definition) is 0. The smallest absolute Gasteiger partial charge is 0.222 e. The molecule has 0 aromatic heterocycles. The van der Waals surface area contributed by atoms with Crippen LogP contribution in [0.1, 0.15) is 43.5 Å². The Morgan fingerprint density at radius 2 is 1.90 bits per heavy atom. The maximum atomic E-state index is 12.2. The summed E-state index contributed by atoms with van der Waals surface area (Å²) in [6, 6.07) is 7.50. The van der Waals surface area contributed by atoms with Crippen molar-refractivity contribution in [2.24, 2.45) is 5.41 Å². The van der Waals surface area contributed by atoms with Gasteiger partial charge in [0.05, 0.1) is 6.54 Å². The normalized spacial score (nSPS) is 18.8. The molecule has 1 aliphatic rings. The van der Waals surface area contributed by atoms with Crippen molar-refractivity contribution in [2.75, 3.05) is 13.1 Å². The van der Waals surface area contributed by atoms with Crippen LogP contribution in [0, 0.1) is 8.99 Å². The van der Waals surface area contributed by atoms with Crippen LogP contribution in [-0.2, 0) is 4.79 Å². The first-order chi connectivity index (χ1) is 9.37. The van der Waals surface area contributed by atoms with Gasteiger partial charge in [-0.15, -0.1) is 0 Å². The van der Waals surface area contributed by atoms with Crippen molar-refractivity contribution in [1.82, 2.24) is 4.90 Å². The van der Waals surface area contributed by atoms with Crippen LogP contribution in [0.25, 0.3) is 0 Å². The van der Waals surface area contributed by atoms with Gasteiger partial charge < -0.3 is 4.90 Å². The molecule has 1 heterocycles. The number of hydrogen-bond acceptors (Lipinski definition) is 2. The number of benzene rings is 1. The fraction of sp³-hybridized carbons (Fsp3) is 0.500. The first-order valence-corrected chi connectivity index (χ1v) is 8.02. The number of Topliss-reactive ketones (excluding diaryl/α,β-unsaturated/α-hetero) is 1. The molecule has 20 heavy (non-hydrogen) atoms. The fourth-order valence-electron chi connectivity index (χ4n) is 2.36. The van der Waals surface area contributed by atoms with E-state index in [4.69, 9.17) is 0 Å². The molecule has 0 aliphatic carbocycles. The highest BCUT2D eigenvalue weighted by Crippen LogP contribution is 2.30. The topological polar surface area (TPSA) is 37.4 Å². The van der Waals surface area contributed by atoms with Crippen molar-refractivity contribution in [2.45, 2.75) is 33.1 Å². The van der Waals surface area contributed by atoms with Gasteiger partial charge in [-0.1, -0.05) is 26.0 Å². The van der Waals surface area contributed by atoms with E-state index in [0.717, 1.165) is 16.4 Å². The Balaban J connectivity index is 2.03. The molecular weight excluding hydrogens is 365 g/mol. The molecule has 0 spiro atoms. The molecule has 0 atom stereocenters. The number of amides is 1. The van der Waals surface area contributed by atoms with E-state index in [1.807, 2.05) is 24.3 Å². The van der Waals surface area contributed by atoms with Gasteiger partial charge in [-0.05, 0) is 53.0 Å². The summed E-state index contributed by atoms with van der Waals surface area (Å²) in [7, 11) is 0. The molecule has 2 rings (SSSR count). The van der Waals surface area contributed by atoms with Gasteiger partial charge >= 0.3 is 0 Å². The molecule has 1 saturated heterocycles. The molecule has 1 aromatic carbocycles. The third-order valence-electron chi connectivity index (χ3n) is 3.93. The Morgan fingerprint density at radius 1 is 1.25 bits per heavy atom. The molecule has 0 N–H and O–H groups in total. The van der Waals surface area contributed by atoms with Gasteiger partial charge in [-0.3, -0.25) is 9.59 Å². The van der Waals surface area contributed by atoms with Crippen LogP contribution in [0.3, 0.4) is 0 Å². The second-order valence-electron chi connectivity index (χ2n) is 6.16. The van der Waals surface area contributed by atoms with Gasteiger partial charge in [-0.25, -0.2) is 0 Å². The Bertz CT molecular complexity index is 508. The highest BCUT2D eigenvalue weighted by atomic mass is 127. The number of ketones is 1. The molecular formula is C16H20INO2. The number of nitrogens with zero attached hydrogens (tertiary/aromatic N) is 1. The molecule has 1 aromatic rings. The number of carbonyl (C=O) groups is 2. The predicted octanol–water partition coefficient (Wildman–Crippen LogP) is 3.51. The van der Waals surface area contributed by atoms with E-state index in [0.29, 0.717) is 18.5 Å². The molecule has 0 radical (unpaired) electrons. The van der Waals surface area contributed by atoms with Crippen molar-refractivity contribution < 1.29 is 9.59 Å². The average Bonchev–Trinajstić information content (AvgIpc) is 2.52. The fourth-order valence-corrected chi connectivity index (χ4v) is 2.72. The zero-order valence-corrected chi connectivity index (χ0v) is 14.1. The Kier molecular flexibility index (Phi) is 4.83. The van der Waals surface area contributed by atoms with Crippen LogP contribution >= 0.6 is 22.6 Å². The highest BCUT2D eigenvalue weighted by molar-refractivity contribution is 14.1. The average molecular weight is 385 g/mol. The molecule has 1 aliphatic heterocycles. The van der Waals surface area contributed by atoms with Gasteiger partial charge in [0.1, 0.15) is 0 Å². The summed E-state index contributed by atoms with van der Waals surface area (Å²) in [4.78, 5) is 26.1. The van der Waals surface area contributed by atoms with Crippen molar-refractivity contribution in [3.63, 3.8) is 0 Å². The minimum atomic E-state index is 0.0226. The van der Waals surface area contributed by atoms with Crippen LogP contribution in [0.4, 0.5) is 0 Å². The summed E-state index contributed by atoms with van der Waals surface area (Å²) < 4.78 is 1.10. The number of rotatable bonds is 3. The van der Waals surface area contributed by atoms with Gasteiger partial charge in [0.15, 0.2) is 5.78 Å². The van der Waals surface area contributed by atoms with E-state index < -0.39 is 0 Å². The summed E-state index contributed by atoms with van der Waals surface area (Å²) in [5, 5.41) is 0. The summed E-state index contributed by atoms with van der Waals surface area (Å²) in [5.41, 5.74) is 0.873. The standard InChI is InChI=1S/C16H20INO2/c1-16(2)8-7-15(20)18(10-9-16)11-14(19)12-3-5-13(17)6-4-12/h3-6H,7-11H2,1-2H3. The molecule has 1 amide bonds. The Labute approximate surface area is 133 Å². The van der Waals surface area contributed by atoms with E-state index >= 15 is 0 Å². The molecule has 0 bridgehead atoms. The first-order valence-electron chi connectivity index (χ1n) is 6.94. The minimum absolute atomic E-state index is 0.0226. The summed E-state index contributed by atoms with van der Waals surface area (Å²) in [5.74, 6) is 0.129. The van der Waals surface area contributed by atoms with Crippen molar-refractivity contribution in [3.05, 3.63) is 33.4 Å². The second-order valence-corrected chi connectivity index (χ2v) is 7.41. The lowest BCUT2D eigenvalue weighted by molar-refractivity contribution is -0.130. The third kappa shape index (κ3) is 4.04. The third-order valence-corrected chi connectivity index (χ3v) is 4.65. The summed E-state index contributed by atoms with van der Waals surface area (Å²) >= 11 is 2.21. The second kappa shape index (κ2) is 6.24. The summed E-state index contributed by atoms with van der Waals surface area (Å²) in [6.07, 6.45) is 2.41. The van der Waals surface area contributed by atoms with E-state index in [9.17, 15) is 9.59 Å². The molecule has 0 unspecified atom stereocenters. The quantitative estimate of drug-likeness (QED) is 0.590. The SMILES string of the molecule is CC1(C)CCC(=O)N(CC(=O)c2ccc(I)cc2)CC1. The zero-order valence-electron chi connectivity index (χ0n) is 12.0. The predicted molar refractivity (Wildman–Crippen MR) is 87.7 cm³/mol. The lowest BCUT2D eigenvalue weighted by atomic mass is 9.85. The highest BCUT2D eigenvalue weighted by Gasteiger charge is 2.28. The van der Waals surface area contributed by atoms with Crippen molar-refractivity contribution >= 4 is 34.3 Å². The van der Waals surface area contributed by atoms with E-state index in [1.54, 1.807) is 4.90 Å². The van der Waals surface area contributed by atoms with Crippen molar-refractivity contribution in [3.8, 4) is 0 Å². The number of likely N-dealkylation sites (tertiary alicyclic amines) is 1. The van der Waals surface area contributed by atoms with Gasteiger partial charge in [0.25, 0.3) is 0 Å². The Hall–Kier alpha value is -0.910. The van der Waals surface area contributed by atoms with Gasteiger partial charge in [-0.2, -0.15) is 0 Å². The van der Waals surface area contributed by atoms with Crippen LogP contribution in [0.15, 0.2) is 24.3 Å². The Morgan fingerprint density at radius 3 is 2.55 bits per heavy atom. The van der Waals surface area contributed by atoms with E-state index in [-0.39, 0.29) is 23.7 Å². The maximum Gasteiger partial charge on any atom is 0.222 e. The molecule has 1 fully saturated rings. The molecule has 4 heteroatoms. The first kappa shape index (κ1) is 15.5. The van der Waals surface area contributed by atoms with E-state index in [1.165, 1.54) is 0 Å². The number of halogens is 1. The maximum absolute atomic E-state index is 12.2. The molecule has 3 nitrogen and oxygen atoms in total. The van der Waals surface area contributed by atoms with Crippen molar-refractivity contribution in [1.29, 1.82) is 0 Å². The zero-order chi connectivity index (χ0) is 14.8. The monoisotopic (exact) mass is 385 g/mol. The lowest BCUT2D eigenvalue weighted by Crippen LogP contribution is -2.35. The minimum Gasteiger partial charge on any atom is -0.335 e. The van der Waals surface area contributed by atoms with Crippen LogP contribution in [0.2, 0.25) is 0 Å². The number of carbonyl (C=O) groups excluding carboxylic acids is 2. The molecule has 108 valence electrons. The van der Waals surface area contributed by atoms with Crippen LogP contribution < -0.4 is 0 Å². The van der Waals surface area contributed by atoms with Gasteiger partial charge in [0.2, 0.25) is 5.91 Å². The largest absolute Gasteiger partial charge is 0.335 e.